The SMILES string of the molecule is CCCCCCCCCCCCCCOC(=O)Nc1cccc(C(=O)Nc2cccc(-c3nn4nc(C(C)(C)C)c(Cl)c4[nH]3)c2)c1. The number of hydrogen-bond donors (Lipinski definition) is 3. The van der Waals surface area contributed by atoms with Gasteiger partial charge in [-0.25, -0.2) is 4.79 Å². The summed E-state index contributed by atoms with van der Waals surface area (Å²) < 4.78 is 6.87. The first-order valence-electron chi connectivity index (χ1n) is 16.8. The summed E-state index contributed by atoms with van der Waals surface area (Å²) >= 11 is 6.58. The molecule has 0 unspecified atom stereocenters. The third kappa shape index (κ3) is 10.3. The molecule has 9 nitrogen and oxygen atoms in total. The number of aromatic amines is 1. The highest BCUT2D eigenvalue weighted by Crippen LogP contribution is 2.32. The van der Waals surface area contributed by atoms with Crippen LogP contribution in [0, 0.1) is 0 Å². The molecule has 2 heterocycles. The van der Waals surface area contributed by atoms with Crippen LogP contribution in [-0.2, 0) is 10.2 Å². The van der Waals surface area contributed by atoms with E-state index in [-0.39, 0.29) is 11.3 Å². The monoisotopic (exact) mass is 648 g/mol. The molecule has 2 aromatic heterocycles. The number of ether oxygens (including phenoxy) is 1. The summed E-state index contributed by atoms with van der Waals surface area (Å²) in [6, 6.07) is 14.1. The van der Waals surface area contributed by atoms with E-state index in [0.717, 1.165) is 24.1 Å². The molecule has 0 aliphatic rings. The van der Waals surface area contributed by atoms with Crippen molar-refractivity contribution in [2.45, 2.75) is 110 Å². The van der Waals surface area contributed by atoms with Gasteiger partial charge in [-0.2, -0.15) is 5.10 Å². The second-order valence-corrected chi connectivity index (χ2v) is 13.4. The zero-order valence-corrected chi connectivity index (χ0v) is 28.5. The Hall–Kier alpha value is -3.85. The minimum absolute atomic E-state index is 0.213. The molecule has 0 bridgehead atoms. The van der Waals surface area contributed by atoms with E-state index in [9.17, 15) is 9.59 Å². The molecule has 0 saturated heterocycles. The van der Waals surface area contributed by atoms with Crippen molar-refractivity contribution in [3.8, 4) is 11.4 Å². The molecule has 0 spiro atoms. The van der Waals surface area contributed by atoms with Crippen LogP contribution in [0.4, 0.5) is 16.2 Å². The summed E-state index contributed by atoms with van der Waals surface area (Å²) in [5.74, 6) is 0.270. The largest absolute Gasteiger partial charge is 0.449 e. The lowest BCUT2D eigenvalue weighted by Gasteiger charge is -2.14. The lowest BCUT2D eigenvalue weighted by atomic mass is 9.92. The van der Waals surface area contributed by atoms with Crippen LogP contribution in [0.3, 0.4) is 0 Å². The van der Waals surface area contributed by atoms with Gasteiger partial charge >= 0.3 is 6.09 Å². The number of amides is 2. The number of carbonyl (C=O) groups excluding carboxylic acids is 2. The standard InChI is InChI=1S/C36H49ClN6O3/c1-5-6-7-8-9-10-11-12-13-14-15-16-23-46-35(45)39-29-22-18-20-27(25-29)34(44)38-28-21-17-19-26(24-28)32-40-33-30(37)31(36(2,3)4)41-43(33)42-32/h17-22,24-25H,5-16,23H2,1-4H3,(H,38,44)(H,39,45)(H,40,42). The fraction of sp³-hybridized carbons (Fsp3) is 0.500. The Labute approximate surface area is 277 Å². The lowest BCUT2D eigenvalue weighted by molar-refractivity contribution is 0.102. The van der Waals surface area contributed by atoms with Gasteiger partial charge in [0.15, 0.2) is 11.5 Å². The van der Waals surface area contributed by atoms with Gasteiger partial charge < -0.3 is 15.0 Å². The van der Waals surface area contributed by atoms with Crippen molar-refractivity contribution in [3.05, 3.63) is 64.8 Å². The van der Waals surface area contributed by atoms with Gasteiger partial charge in [0.2, 0.25) is 0 Å². The molecule has 0 aliphatic heterocycles. The summed E-state index contributed by atoms with van der Waals surface area (Å²) in [5.41, 5.74) is 3.43. The highest BCUT2D eigenvalue weighted by molar-refractivity contribution is 6.34. The van der Waals surface area contributed by atoms with E-state index in [1.807, 2.05) is 39.0 Å². The van der Waals surface area contributed by atoms with Crippen molar-refractivity contribution < 1.29 is 14.3 Å². The van der Waals surface area contributed by atoms with Crippen LogP contribution >= 0.6 is 11.6 Å². The van der Waals surface area contributed by atoms with Crippen LogP contribution < -0.4 is 10.6 Å². The van der Waals surface area contributed by atoms with Gasteiger partial charge in [-0.15, -0.1) is 9.73 Å². The number of nitrogens with one attached hydrogen (secondary N) is 3. The van der Waals surface area contributed by atoms with E-state index >= 15 is 0 Å². The first-order valence-corrected chi connectivity index (χ1v) is 17.1. The Balaban J connectivity index is 1.20. The van der Waals surface area contributed by atoms with E-state index < -0.39 is 6.09 Å². The molecule has 0 aliphatic carbocycles. The maximum Gasteiger partial charge on any atom is 0.411 e. The number of nitrogens with zero attached hydrogens (tertiary/aromatic N) is 3. The number of anilines is 2. The van der Waals surface area contributed by atoms with Crippen molar-refractivity contribution in [1.82, 2.24) is 19.8 Å². The van der Waals surface area contributed by atoms with Gasteiger partial charge in [-0.05, 0) is 36.8 Å². The fourth-order valence-corrected chi connectivity index (χ4v) is 5.80. The highest BCUT2D eigenvalue weighted by atomic mass is 35.5. The van der Waals surface area contributed by atoms with E-state index in [1.54, 1.807) is 30.3 Å². The molecule has 0 radical (unpaired) electrons. The topological polar surface area (TPSA) is 113 Å². The van der Waals surface area contributed by atoms with Crippen molar-refractivity contribution in [2.75, 3.05) is 17.2 Å². The number of carbonyl (C=O) groups is 2. The summed E-state index contributed by atoms with van der Waals surface area (Å²) in [7, 11) is 0. The van der Waals surface area contributed by atoms with Gasteiger partial charge in [0.25, 0.3) is 5.91 Å². The van der Waals surface area contributed by atoms with Crippen LogP contribution in [-0.4, -0.2) is 38.4 Å². The molecule has 4 rings (SSSR count). The summed E-state index contributed by atoms with van der Waals surface area (Å²) in [5, 5.41) is 15.3. The Morgan fingerprint density at radius 3 is 2.07 bits per heavy atom. The molecule has 0 fully saturated rings. The first-order chi connectivity index (χ1) is 22.2. The van der Waals surface area contributed by atoms with Crippen LogP contribution in [0.2, 0.25) is 5.02 Å². The molecular weight excluding hydrogens is 600 g/mol. The Morgan fingerprint density at radius 1 is 0.826 bits per heavy atom. The molecule has 46 heavy (non-hydrogen) atoms. The number of rotatable bonds is 17. The molecule has 2 amide bonds. The Bertz CT molecular complexity index is 1570. The van der Waals surface area contributed by atoms with Gasteiger partial charge in [-0.3, -0.25) is 10.1 Å². The van der Waals surface area contributed by atoms with Gasteiger partial charge in [0.05, 0.1) is 12.3 Å². The number of unbranched alkanes of at least 4 members (excludes halogenated alkanes) is 11. The number of aromatic nitrogens is 4. The minimum atomic E-state index is -0.521. The van der Waals surface area contributed by atoms with Gasteiger partial charge in [0, 0.05) is 27.9 Å². The smallest absolute Gasteiger partial charge is 0.411 e. The van der Waals surface area contributed by atoms with Crippen molar-refractivity contribution in [3.63, 3.8) is 0 Å². The predicted octanol–water partition coefficient (Wildman–Crippen LogP) is 10.2. The molecular formula is C36H49ClN6O3. The van der Waals surface area contributed by atoms with E-state index in [0.29, 0.717) is 40.0 Å². The van der Waals surface area contributed by atoms with Crippen molar-refractivity contribution in [2.24, 2.45) is 0 Å². The van der Waals surface area contributed by atoms with Crippen molar-refractivity contribution in [1.29, 1.82) is 0 Å². The molecule has 0 atom stereocenters. The predicted molar refractivity (Wildman–Crippen MR) is 187 cm³/mol. The first kappa shape index (κ1) is 35.0. The number of fused-ring (bicyclic) bond motifs is 1. The third-order valence-corrected chi connectivity index (χ3v) is 8.31. The molecule has 4 aromatic rings. The van der Waals surface area contributed by atoms with Gasteiger partial charge in [-0.1, -0.05) is 128 Å². The highest BCUT2D eigenvalue weighted by Gasteiger charge is 2.25. The maximum absolute atomic E-state index is 13.1. The maximum atomic E-state index is 13.1. The minimum Gasteiger partial charge on any atom is -0.449 e. The third-order valence-electron chi connectivity index (χ3n) is 7.95. The second kappa shape index (κ2) is 17.2. The summed E-state index contributed by atoms with van der Waals surface area (Å²) in [6.45, 7) is 8.78. The molecule has 2 aromatic carbocycles. The number of hydrogen-bond acceptors (Lipinski definition) is 5. The normalized spacial score (nSPS) is 11.6. The fourth-order valence-electron chi connectivity index (χ4n) is 5.35. The van der Waals surface area contributed by atoms with E-state index in [4.69, 9.17) is 16.3 Å². The second-order valence-electron chi connectivity index (χ2n) is 13.0. The number of benzene rings is 2. The van der Waals surface area contributed by atoms with Crippen LogP contribution in [0.15, 0.2) is 48.5 Å². The average Bonchev–Trinajstić information content (AvgIpc) is 3.59. The zero-order valence-electron chi connectivity index (χ0n) is 27.8. The summed E-state index contributed by atoms with van der Waals surface area (Å²) in [6.07, 6.45) is 14.5. The summed E-state index contributed by atoms with van der Waals surface area (Å²) in [4.78, 5) is 28.7. The molecule has 3 N–H and O–H groups in total. The quantitative estimate of drug-likeness (QED) is 0.0986. The molecule has 10 heteroatoms. The van der Waals surface area contributed by atoms with Gasteiger partial charge in [0.1, 0.15) is 5.02 Å². The van der Waals surface area contributed by atoms with Crippen LogP contribution in [0.5, 0.6) is 0 Å². The van der Waals surface area contributed by atoms with Crippen LogP contribution in [0.25, 0.3) is 17.0 Å². The van der Waals surface area contributed by atoms with Crippen LogP contribution in [0.1, 0.15) is 121 Å². The van der Waals surface area contributed by atoms with Crippen molar-refractivity contribution >= 4 is 40.6 Å². The van der Waals surface area contributed by atoms with E-state index in [2.05, 4.69) is 32.7 Å². The Morgan fingerprint density at radius 2 is 1.43 bits per heavy atom. The Kier molecular flexibility index (Phi) is 13.1. The zero-order chi connectivity index (χ0) is 32.9. The average molecular weight is 649 g/mol. The molecule has 0 saturated carbocycles. The number of halogens is 1. The molecule has 248 valence electrons. The van der Waals surface area contributed by atoms with E-state index in [1.165, 1.54) is 68.8 Å². The number of H-pyrrole nitrogens is 1. The lowest BCUT2D eigenvalue weighted by Crippen LogP contribution is -2.16.